The van der Waals surface area contributed by atoms with Crippen molar-refractivity contribution in [1.29, 1.82) is 0 Å². The van der Waals surface area contributed by atoms with Crippen LogP contribution in [0.5, 0.6) is 0 Å². The van der Waals surface area contributed by atoms with Crippen LogP contribution in [0.3, 0.4) is 0 Å². The molecule has 0 saturated carbocycles. The molecule has 2 rings (SSSR count). The summed E-state index contributed by atoms with van der Waals surface area (Å²) in [5, 5.41) is 10.0. The fourth-order valence-electron chi connectivity index (χ4n) is 2.92. The number of rotatable bonds is 2. The van der Waals surface area contributed by atoms with Crippen LogP contribution < -0.4 is 0 Å². The third-order valence-corrected chi connectivity index (χ3v) is 4.55. The number of carboxylic acids is 1. The number of hydrogen-bond acceptors (Lipinski definition) is 3. The Hall–Kier alpha value is -1.75. The van der Waals surface area contributed by atoms with Crippen LogP contribution in [0, 0.1) is 6.92 Å². The van der Waals surface area contributed by atoms with Gasteiger partial charge >= 0.3 is 12.1 Å². The van der Waals surface area contributed by atoms with Crippen molar-refractivity contribution in [3.63, 3.8) is 0 Å². The molecule has 5 nitrogen and oxygen atoms in total. The Morgan fingerprint density at radius 1 is 1.25 bits per heavy atom. The van der Waals surface area contributed by atoms with Crippen LogP contribution in [-0.4, -0.2) is 40.8 Å². The number of carboxylic acid groups (broad SMARTS) is 1. The van der Waals surface area contributed by atoms with Crippen LogP contribution in [0.25, 0.3) is 0 Å². The van der Waals surface area contributed by atoms with E-state index in [2.05, 4.69) is 0 Å². The van der Waals surface area contributed by atoms with Gasteiger partial charge in [-0.1, -0.05) is 11.6 Å². The van der Waals surface area contributed by atoms with Crippen molar-refractivity contribution in [1.82, 2.24) is 4.90 Å². The number of aromatic carboxylic acids is 1. The van der Waals surface area contributed by atoms with Gasteiger partial charge in [0.2, 0.25) is 0 Å². The monoisotopic (exact) mass is 353 g/mol. The second kappa shape index (κ2) is 7.01. The number of carbonyl (C=O) groups excluding carboxylic acids is 1. The van der Waals surface area contributed by atoms with E-state index in [1.807, 2.05) is 20.8 Å². The van der Waals surface area contributed by atoms with Crippen LogP contribution in [0.4, 0.5) is 4.79 Å². The first-order chi connectivity index (χ1) is 11.1. The van der Waals surface area contributed by atoms with Gasteiger partial charge in [0.1, 0.15) is 5.60 Å². The van der Waals surface area contributed by atoms with Crippen LogP contribution in [0.2, 0.25) is 5.02 Å². The number of amides is 1. The summed E-state index contributed by atoms with van der Waals surface area (Å²) in [4.78, 5) is 25.3. The molecule has 1 amide bonds. The molecule has 6 heteroatoms. The van der Waals surface area contributed by atoms with E-state index in [1.54, 1.807) is 24.0 Å². The van der Waals surface area contributed by atoms with Crippen molar-refractivity contribution in [3.8, 4) is 0 Å². The molecule has 0 aromatic heterocycles. The largest absolute Gasteiger partial charge is 0.478 e. The van der Waals surface area contributed by atoms with E-state index in [9.17, 15) is 14.7 Å². The van der Waals surface area contributed by atoms with Crippen LogP contribution in [0.15, 0.2) is 12.1 Å². The van der Waals surface area contributed by atoms with E-state index in [0.29, 0.717) is 36.5 Å². The Balaban J connectivity index is 2.11. The minimum absolute atomic E-state index is 0.0767. The van der Waals surface area contributed by atoms with Crippen LogP contribution in [0.1, 0.15) is 61.0 Å². The lowest BCUT2D eigenvalue weighted by molar-refractivity contribution is 0.0204. The van der Waals surface area contributed by atoms with Crippen LogP contribution in [-0.2, 0) is 4.74 Å². The summed E-state index contributed by atoms with van der Waals surface area (Å²) in [5.74, 6) is -0.868. The number of piperidine rings is 1. The summed E-state index contributed by atoms with van der Waals surface area (Å²) in [6.45, 7) is 8.40. The number of halogens is 1. The van der Waals surface area contributed by atoms with Gasteiger partial charge < -0.3 is 14.7 Å². The Labute approximate surface area is 147 Å². The Kier molecular flexibility index (Phi) is 5.43. The zero-order valence-electron chi connectivity index (χ0n) is 14.6. The van der Waals surface area contributed by atoms with Gasteiger partial charge in [-0.25, -0.2) is 9.59 Å². The van der Waals surface area contributed by atoms with Gasteiger partial charge in [-0.15, -0.1) is 0 Å². The molecule has 1 aliphatic heterocycles. The van der Waals surface area contributed by atoms with Gasteiger partial charge in [-0.2, -0.15) is 0 Å². The van der Waals surface area contributed by atoms with E-state index in [1.165, 1.54) is 0 Å². The fourth-order valence-corrected chi connectivity index (χ4v) is 3.09. The van der Waals surface area contributed by atoms with Gasteiger partial charge in [0.05, 0.1) is 5.56 Å². The first-order valence-electron chi connectivity index (χ1n) is 8.10. The summed E-state index contributed by atoms with van der Waals surface area (Å²) in [6.07, 6.45) is 1.07. The molecule has 24 heavy (non-hydrogen) atoms. The minimum Gasteiger partial charge on any atom is -0.478 e. The van der Waals surface area contributed by atoms with Crippen molar-refractivity contribution in [2.75, 3.05) is 13.1 Å². The first-order valence-corrected chi connectivity index (χ1v) is 8.47. The number of benzene rings is 1. The first kappa shape index (κ1) is 18.6. The summed E-state index contributed by atoms with van der Waals surface area (Å²) >= 11 is 6.18. The fraction of sp³-hybridized carbons (Fsp3) is 0.556. The van der Waals surface area contributed by atoms with Crippen molar-refractivity contribution < 1.29 is 19.4 Å². The van der Waals surface area contributed by atoms with E-state index >= 15 is 0 Å². The summed E-state index contributed by atoms with van der Waals surface area (Å²) in [7, 11) is 0. The van der Waals surface area contributed by atoms with Crippen molar-refractivity contribution in [2.45, 2.75) is 52.1 Å². The molecule has 1 N–H and O–H groups in total. The maximum absolute atomic E-state index is 12.1. The highest BCUT2D eigenvalue weighted by molar-refractivity contribution is 6.31. The molecule has 1 fully saturated rings. The molecule has 1 aliphatic rings. The lowest BCUT2D eigenvalue weighted by Gasteiger charge is -2.34. The molecule has 0 unspecified atom stereocenters. The van der Waals surface area contributed by atoms with E-state index in [4.69, 9.17) is 16.3 Å². The lowest BCUT2D eigenvalue weighted by atomic mass is 9.86. The second-order valence-electron chi connectivity index (χ2n) is 7.24. The molecular weight excluding hydrogens is 330 g/mol. The van der Waals surface area contributed by atoms with E-state index in [0.717, 1.165) is 11.1 Å². The number of likely N-dealkylation sites (tertiary alicyclic amines) is 1. The SMILES string of the molecule is Cc1cc(C(=O)O)c(C2CCN(C(=O)OC(C)(C)C)CC2)cc1Cl. The Bertz CT molecular complexity index is 643. The maximum atomic E-state index is 12.1. The molecular formula is C18H24ClNO4. The van der Waals surface area contributed by atoms with Gasteiger partial charge in [-0.05, 0) is 69.7 Å². The molecule has 0 spiro atoms. The molecule has 132 valence electrons. The number of ether oxygens (including phenoxy) is 1. The smallest absolute Gasteiger partial charge is 0.410 e. The quantitative estimate of drug-likeness (QED) is 0.852. The van der Waals surface area contributed by atoms with E-state index in [-0.39, 0.29) is 12.0 Å². The predicted octanol–water partition coefficient (Wildman–Crippen LogP) is 4.46. The topological polar surface area (TPSA) is 66.8 Å². The molecule has 1 aromatic rings. The molecule has 0 aliphatic carbocycles. The average molecular weight is 354 g/mol. The molecule has 1 heterocycles. The number of nitrogens with zero attached hydrogens (tertiary/aromatic N) is 1. The molecule has 0 radical (unpaired) electrons. The minimum atomic E-state index is -0.945. The zero-order valence-corrected chi connectivity index (χ0v) is 15.3. The number of hydrogen-bond donors (Lipinski definition) is 1. The van der Waals surface area contributed by atoms with Gasteiger partial charge in [0, 0.05) is 18.1 Å². The molecule has 0 bridgehead atoms. The third-order valence-electron chi connectivity index (χ3n) is 4.15. The Morgan fingerprint density at radius 3 is 2.33 bits per heavy atom. The summed E-state index contributed by atoms with van der Waals surface area (Å²) in [6, 6.07) is 3.38. The van der Waals surface area contributed by atoms with Gasteiger partial charge in [-0.3, -0.25) is 0 Å². The third kappa shape index (κ3) is 4.41. The normalized spacial score (nSPS) is 16.1. The van der Waals surface area contributed by atoms with Gasteiger partial charge in [0.15, 0.2) is 0 Å². The maximum Gasteiger partial charge on any atom is 0.410 e. The number of carbonyl (C=O) groups is 2. The highest BCUT2D eigenvalue weighted by Crippen LogP contribution is 2.34. The lowest BCUT2D eigenvalue weighted by Crippen LogP contribution is -2.41. The van der Waals surface area contributed by atoms with Crippen molar-refractivity contribution in [3.05, 3.63) is 33.8 Å². The van der Waals surface area contributed by atoms with Crippen molar-refractivity contribution in [2.24, 2.45) is 0 Å². The van der Waals surface area contributed by atoms with Crippen LogP contribution >= 0.6 is 11.6 Å². The molecule has 1 saturated heterocycles. The molecule has 0 atom stereocenters. The number of aryl methyl sites for hydroxylation is 1. The van der Waals surface area contributed by atoms with Crippen molar-refractivity contribution >= 4 is 23.7 Å². The summed E-state index contributed by atoms with van der Waals surface area (Å²) < 4.78 is 5.39. The average Bonchev–Trinajstić information content (AvgIpc) is 2.48. The zero-order chi connectivity index (χ0) is 18.1. The highest BCUT2D eigenvalue weighted by atomic mass is 35.5. The van der Waals surface area contributed by atoms with Gasteiger partial charge in [0.25, 0.3) is 0 Å². The highest BCUT2D eigenvalue weighted by Gasteiger charge is 2.29. The Morgan fingerprint density at radius 2 is 1.83 bits per heavy atom. The molecule has 1 aromatic carbocycles. The standard InChI is InChI=1S/C18H24ClNO4/c1-11-9-14(16(21)22)13(10-15(11)19)12-5-7-20(8-6-12)17(23)24-18(2,3)4/h9-10,12H,5-8H2,1-4H3,(H,21,22). The second-order valence-corrected chi connectivity index (χ2v) is 7.64. The summed E-state index contributed by atoms with van der Waals surface area (Å²) in [5.41, 5.74) is 1.29. The van der Waals surface area contributed by atoms with E-state index < -0.39 is 11.6 Å². The predicted molar refractivity (Wildman–Crippen MR) is 92.9 cm³/mol.